The third-order valence-corrected chi connectivity index (χ3v) is 5.80. The zero-order valence-corrected chi connectivity index (χ0v) is 20.5. The van der Waals surface area contributed by atoms with E-state index in [1.807, 2.05) is 63.2 Å². The summed E-state index contributed by atoms with van der Waals surface area (Å²) in [5.74, 6) is 1.92. The second-order valence-electron chi connectivity index (χ2n) is 8.84. The fourth-order valence-electron chi connectivity index (χ4n) is 3.90. The van der Waals surface area contributed by atoms with Crippen molar-refractivity contribution in [2.24, 2.45) is 0 Å². The number of hydrogen-bond acceptors (Lipinski definition) is 7. The average Bonchev–Trinajstić information content (AvgIpc) is 3.54. The number of imidazole rings is 1. The Hall–Kier alpha value is -4.60. The van der Waals surface area contributed by atoms with Crippen molar-refractivity contribution < 1.29 is 9.53 Å². The predicted octanol–water partition coefficient (Wildman–Crippen LogP) is 3.97. The van der Waals surface area contributed by atoms with E-state index in [1.165, 1.54) is 0 Å². The number of aromatic amines is 1. The molecule has 0 aliphatic heterocycles. The maximum Gasteiger partial charge on any atom is 0.251 e. The number of methoxy groups -OCH3 is 1. The van der Waals surface area contributed by atoms with E-state index in [9.17, 15) is 4.79 Å². The monoisotopic (exact) mass is 482 g/mol. The Bertz CT molecular complexity index is 1540. The van der Waals surface area contributed by atoms with E-state index in [4.69, 9.17) is 4.74 Å². The summed E-state index contributed by atoms with van der Waals surface area (Å²) in [5, 5.41) is 15.1. The first kappa shape index (κ1) is 23.2. The van der Waals surface area contributed by atoms with Gasteiger partial charge in [0.25, 0.3) is 5.91 Å². The van der Waals surface area contributed by atoms with Crippen molar-refractivity contribution >= 4 is 16.9 Å². The number of nitrogens with zero attached hydrogens (tertiary/aromatic N) is 6. The molecule has 0 atom stereocenters. The molecule has 10 nitrogen and oxygen atoms in total. The minimum absolute atomic E-state index is 0.102. The number of benzene rings is 2. The van der Waals surface area contributed by atoms with Crippen LogP contribution in [-0.2, 0) is 6.54 Å². The van der Waals surface area contributed by atoms with E-state index < -0.39 is 0 Å². The number of amides is 1. The Morgan fingerprint density at radius 1 is 1.14 bits per heavy atom. The third-order valence-electron chi connectivity index (χ3n) is 5.80. The van der Waals surface area contributed by atoms with Gasteiger partial charge in [0.2, 0.25) is 0 Å². The number of pyridine rings is 1. The van der Waals surface area contributed by atoms with Crippen molar-refractivity contribution in [1.82, 2.24) is 40.5 Å². The summed E-state index contributed by atoms with van der Waals surface area (Å²) in [4.78, 5) is 25.6. The van der Waals surface area contributed by atoms with Crippen LogP contribution in [0.2, 0.25) is 0 Å². The van der Waals surface area contributed by atoms with Gasteiger partial charge in [0.05, 0.1) is 36.1 Å². The molecule has 0 aliphatic carbocycles. The molecule has 36 heavy (non-hydrogen) atoms. The van der Waals surface area contributed by atoms with Gasteiger partial charge in [0, 0.05) is 29.3 Å². The van der Waals surface area contributed by atoms with Gasteiger partial charge in [-0.05, 0) is 59.3 Å². The number of nitrogens with one attached hydrogen (secondary N) is 2. The lowest BCUT2D eigenvalue weighted by atomic mass is 10.0. The number of aromatic nitrogens is 7. The summed E-state index contributed by atoms with van der Waals surface area (Å²) in [7, 11) is 1.61. The van der Waals surface area contributed by atoms with Gasteiger partial charge in [-0.15, -0.1) is 5.10 Å². The van der Waals surface area contributed by atoms with Crippen LogP contribution >= 0.6 is 0 Å². The molecule has 0 saturated heterocycles. The molecule has 5 aromatic rings. The van der Waals surface area contributed by atoms with Gasteiger partial charge in [-0.2, -0.15) is 4.68 Å². The minimum atomic E-state index is -0.248. The third kappa shape index (κ3) is 4.65. The summed E-state index contributed by atoms with van der Waals surface area (Å²) in [6.07, 6.45) is 1.80. The van der Waals surface area contributed by atoms with Gasteiger partial charge in [-0.3, -0.25) is 9.78 Å². The molecule has 5 rings (SSSR count). The Morgan fingerprint density at radius 2 is 2.00 bits per heavy atom. The summed E-state index contributed by atoms with van der Waals surface area (Å²) in [6, 6.07) is 15.1. The van der Waals surface area contributed by atoms with Crippen LogP contribution in [0, 0.1) is 6.92 Å². The zero-order valence-electron chi connectivity index (χ0n) is 20.5. The van der Waals surface area contributed by atoms with Crippen molar-refractivity contribution in [1.29, 1.82) is 0 Å². The maximum atomic E-state index is 13.3. The molecule has 1 amide bonds. The molecule has 0 radical (unpaired) electrons. The maximum absolute atomic E-state index is 13.3. The van der Waals surface area contributed by atoms with Gasteiger partial charge in [-0.1, -0.05) is 19.9 Å². The van der Waals surface area contributed by atoms with Crippen LogP contribution in [0.25, 0.3) is 28.0 Å². The molecule has 0 unspecified atom stereocenters. The molecule has 0 fully saturated rings. The number of H-pyrrole nitrogens is 1. The molecule has 0 spiro atoms. The SMILES string of the molecule is COc1ccc2[nH]c(CNC(=O)c3cc(-c4ccc(C)cn4)cc(-n4nnnc4C(C)C)c3)nc2c1. The van der Waals surface area contributed by atoms with Gasteiger partial charge >= 0.3 is 0 Å². The van der Waals surface area contributed by atoms with Gasteiger partial charge < -0.3 is 15.0 Å². The highest BCUT2D eigenvalue weighted by Crippen LogP contribution is 2.25. The topological polar surface area (TPSA) is 124 Å². The van der Waals surface area contributed by atoms with Crippen LogP contribution in [0.4, 0.5) is 0 Å². The van der Waals surface area contributed by atoms with Crippen LogP contribution in [0.1, 0.15) is 47.3 Å². The van der Waals surface area contributed by atoms with Crippen molar-refractivity contribution in [3.63, 3.8) is 0 Å². The highest BCUT2D eigenvalue weighted by atomic mass is 16.5. The normalized spacial score (nSPS) is 11.2. The average molecular weight is 483 g/mol. The molecule has 10 heteroatoms. The summed E-state index contributed by atoms with van der Waals surface area (Å²) in [5.41, 5.74) is 5.39. The largest absolute Gasteiger partial charge is 0.497 e. The second-order valence-corrected chi connectivity index (χ2v) is 8.84. The van der Waals surface area contributed by atoms with Gasteiger partial charge in [0.15, 0.2) is 5.82 Å². The van der Waals surface area contributed by atoms with E-state index in [0.29, 0.717) is 22.9 Å². The van der Waals surface area contributed by atoms with E-state index in [1.54, 1.807) is 24.1 Å². The molecule has 2 N–H and O–H groups in total. The molecular formula is C26H26N8O2. The first-order valence-electron chi connectivity index (χ1n) is 11.6. The van der Waals surface area contributed by atoms with E-state index in [2.05, 4.69) is 35.8 Å². The summed E-state index contributed by atoms with van der Waals surface area (Å²) in [6.45, 7) is 6.25. The van der Waals surface area contributed by atoms with Crippen molar-refractivity contribution in [3.05, 3.63) is 77.5 Å². The van der Waals surface area contributed by atoms with Crippen LogP contribution in [0.5, 0.6) is 5.75 Å². The minimum Gasteiger partial charge on any atom is -0.497 e. The van der Waals surface area contributed by atoms with Crippen LogP contribution in [0.15, 0.2) is 54.7 Å². The molecule has 0 bridgehead atoms. The molecular weight excluding hydrogens is 456 g/mol. The molecule has 2 aromatic carbocycles. The van der Waals surface area contributed by atoms with Crippen molar-refractivity contribution in [3.8, 4) is 22.7 Å². The summed E-state index contributed by atoms with van der Waals surface area (Å²) < 4.78 is 6.92. The number of fused-ring (bicyclic) bond motifs is 1. The van der Waals surface area contributed by atoms with Crippen LogP contribution < -0.4 is 10.1 Å². The molecule has 3 heterocycles. The zero-order chi connectivity index (χ0) is 25.2. The van der Waals surface area contributed by atoms with Gasteiger partial charge in [0.1, 0.15) is 11.6 Å². The highest BCUT2D eigenvalue weighted by Gasteiger charge is 2.17. The quantitative estimate of drug-likeness (QED) is 0.360. The molecule has 182 valence electrons. The lowest BCUT2D eigenvalue weighted by molar-refractivity contribution is 0.0950. The van der Waals surface area contributed by atoms with E-state index in [-0.39, 0.29) is 18.4 Å². The highest BCUT2D eigenvalue weighted by molar-refractivity contribution is 5.96. The fraction of sp³-hybridized carbons (Fsp3) is 0.231. The number of rotatable bonds is 7. The number of carbonyl (C=O) groups is 1. The van der Waals surface area contributed by atoms with Crippen molar-refractivity contribution in [2.75, 3.05) is 7.11 Å². The fourth-order valence-corrected chi connectivity index (χ4v) is 3.90. The summed E-state index contributed by atoms with van der Waals surface area (Å²) >= 11 is 0. The second kappa shape index (κ2) is 9.57. The standard InChI is InChI=1S/C26H26N8O2/c1-15(2)25-31-32-33-34(25)19-10-17(21-7-5-16(3)13-27-21)9-18(11-19)26(35)28-14-24-29-22-8-6-20(36-4)12-23(22)30-24/h5-13,15H,14H2,1-4H3,(H,28,35)(H,29,30). The number of hydrogen-bond donors (Lipinski definition) is 2. The molecule has 3 aromatic heterocycles. The smallest absolute Gasteiger partial charge is 0.251 e. The lowest BCUT2D eigenvalue weighted by Crippen LogP contribution is -2.23. The lowest BCUT2D eigenvalue weighted by Gasteiger charge is -2.12. The first-order valence-corrected chi connectivity index (χ1v) is 11.6. The predicted molar refractivity (Wildman–Crippen MR) is 135 cm³/mol. The molecule has 0 saturated carbocycles. The number of tetrazole rings is 1. The Kier molecular flexibility index (Phi) is 6.16. The number of ether oxygens (including phenoxy) is 1. The number of carbonyl (C=O) groups excluding carboxylic acids is 1. The van der Waals surface area contributed by atoms with Gasteiger partial charge in [-0.25, -0.2) is 4.98 Å². The Balaban J connectivity index is 1.47. The Morgan fingerprint density at radius 3 is 2.75 bits per heavy atom. The van der Waals surface area contributed by atoms with Crippen LogP contribution in [0.3, 0.4) is 0 Å². The Labute approximate surface area is 207 Å². The molecule has 0 aliphatic rings. The van der Waals surface area contributed by atoms with E-state index >= 15 is 0 Å². The number of aryl methyl sites for hydroxylation is 1. The first-order chi connectivity index (χ1) is 17.4. The van der Waals surface area contributed by atoms with Crippen molar-refractivity contribution in [2.45, 2.75) is 33.2 Å². The van der Waals surface area contributed by atoms with Crippen LogP contribution in [-0.4, -0.2) is 48.2 Å². The van der Waals surface area contributed by atoms with E-state index in [0.717, 1.165) is 33.6 Å².